The van der Waals surface area contributed by atoms with Gasteiger partial charge in [0.05, 0.1) is 12.8 Å². The Hall–Kier alpha value is -2.64. The molecule has 1 aromatic carbocycles. The Kier molecular flexibility index (Phi) is 4.96. The number of nitrogens with one attached hydrogen (secondary N) is 1. The maximum Gasteiger partial charge on any atom is 0.193 e. The summed E-state index contributed by atoms with van der Waals surface area (Å²) >= 11 is 3.25. The zero-order valence-corrected chi connectivity index (χ0v) is 17.0. The first-order chi connectivity index (χ1) is 13.2. The third kappa shape index (κ3) is 3.48. The molecule has 0 bridgehead atoms. The molecule has 0 atom stereocenters. The topological polar surface area (TPSA) is 52.0 Å². The SMILES string of the molecule is COc1ccccc1CNc1nc(-c2cc(C)n(-c3nccs3)c2C)cs1. The zero-order chi connectivity index (χ0) is 18.8. The van der Waals surface area contributed by atoms with Crippen molar-refractivity contribution >= 4 is 27.8 Å². The van der Waals surface area contributed by atoms with Gasteiger partial charge in [-0.1, -0.05) is 18.2 Å². The van der Waals surface area contributed by atoms with Gasteiger partial charge in [0.1, 0.15) is 5.75 Å². The lowest BCUT2D eigenvalue weighted by atomic mass is 10.2. The lowest BCUT2D eigenvalue weighted by Crippen LogP contribution is -2.01. The van der Waals surface area contributed by atoms with Gasteiger partial charge in [-0.15, -0.1) is 22.7 Å². The first-order valence-corrected chi connectivity index (χ1v) is 10.3. The molecule has 4 aromatic rings. The van der Waals surface area contributed by atoms with Crippen LogP contribution in [0.25, 0.3) is 16.4 Å². The minimum absolute atomic E-state index is 0.676. The fourth-order valence-electron chi connectivity index (χ4n) is 3.14. The summed E-state index contributed by atoms with van der Waals surface area (Å²) in [6.07, 6.45) is 1.83. The Morgan fingerprint density at radius 1 is 1.19 bits per heavy atom. The van der Waals surface area contributed by atoms with Crippen LogP contribution in [0.4, 0.5) is 5.13 Å². The van der Waals surface area contributed by atoms with Crippen LogP contribution in [0, 0.1) is 13.8 Å². The number of hydrogen-bond donors (Lipinski definition) is 1. The van der Waals surface area contributed by atoms with Gasteiger partial charge in [0.25, 0.3) is 0 Å². The molecule has 0 radical (unpaired) electrons. The third-order valence-corrected chi connectivity index (χ3v) is 6.00. The standard InChI is InChI=1S/C20H20N4OS2/c1-13-10-16(14(2)24(13)20-21-8-9-26-20)17-12-27-19(23-17)22-11-15-6-4-5-7-18(15)25-3/h4-10,12H,11H2,1-3H3,(H,22,23). The van der Waals surface area contributed by atoms with Gasteiger partial charge in [-0.25, -0.2) is 9.97 Å². The maximum absolute atomic E-state index is 5.41. The lowest BCUT2D eigenvalue weighted by molar-refractivity contribution is 0.410. The van der Waals surface area contributed by atoms with E-state index in [9.17, 15) is 0 Å². The molecule has 1 N–H and O–H groups in total. The normalized spacial score (nSPS) is 10.9. The van der Waals surface area contributed by atoms with E-state index >= 15 is 0 Å². The van der Waals surface area contributed by atoms with Gasteiger partial charge >= 0.3 is 0 Å². The van der Waals surface area contributed by atoms with Gasteiger partial charge in [-0.3, -0.25) is 4.57 Å². The van der Waals surface area contributed by atoms with Crippen LogP contribution < -0.4 is 10.1 Å². The molecule has 138 valence electrons. The van der Waals surface area contributed by atoms with Gasteiger partial charge < -0.3 is 10.1 Å². The zero-order valence-electron chi connectivity index (χ0n) is 15.4. The average Bonchev–Trinajstić information content (AvgIpc) is 3.41. The molecule has 0 saturated heterocycles. The number of benzene rings is 1. The summed E-state index contributed by atoms with van der Waals surface area (Å²) in [5.41, 5.74) is 5.56. The first-order valence-electron chi connectivity index (χ1n) is 8.58. The molecule has 0 unspecified atom stereocenters. The number of ether oxygens (including phenoxy) is 1. The van der Waals surface area contributed by atoms with Crippen LogP contribution in [0.15, 0.2) is 47.3 Å². The van der Waals surface area contributed by atoms with Gasteiger partial charge in [0, 0.05) is 46.0 Å². The predicted molar refractivity (Wildman–Crippen MR) is 112 cm³/mol. The minimum atomic E-state index is 0.676. The summed E-state index contributed by atoms with van der Waals surface area (Å²) in [7, 11) is 1.69. The highest BCUT2D eigenvalue weighted by Gasteiger charge is 2.16. The Labute approximate surface area is 166 Å². The summed E-state index contributed by atoms with van der Waals surface area (Å²) in [5.74, 6) is 0.883. The van der Waals surface area contributed by atoms with Crippen molar-refractivity contribution in [2.45, 2.75) is 20.4 Å². The second-order valence-electron chi connectivity index (χ2n) is 6.14. The minimum Gasteiger partial charge on any atom is -0.496 e. The first kappa shape index (κ1) is 17.8. The molecule has 0 amide bonds. The Balaban J connectivity index is 1.56. The summed E-state index contributed by atoms with van der Waals surface area (Å²) in [6.45, 7) is 4.89. The van der Waals surface area contributed by atoms with Crippen molar-refractivity contribution in [1.29, 1.82) is 0 Å². The molecule has 0 aliphatic carbocycles. The van der Waals surface area contributed by atoms with Crippen molar-refractivity contribution in [2.75, 3.05) is 12.4 Å². The van der Waals surface area contributed by atoms with Crippen LogP contribution in [-0.2, 0) is 6.54 Å². The van der Waals surface area contributed by atoms with E-state index in [4.69, 9.17) is 9.72 Å². The van der Waals surface area contributed by atoms with Crippen molar-refractivity contribution < 1.29 is 4.74 Å². The Morgan fingerprint density at radius 2 is 2.04 bits per heavy atom. The number of nitrogens with zero attached hydrogens (tertiary/aromatic N) is 3. The second kappa shape index (κ2) is 7.54. The number of aromatic nitrogens is 3. The molecule has 0 aliphatic heterocycles. The molecule has 3 aromatic heterocycles. The number of aryl methyl sites for hydroxylation is 1. The molecule has 4 rings (SSSR count). The van der Waals surface area contributed by atoms with E-state index in [1.54, 1.807) is 29.8 Å². The molecule has 5 nitrogen and oxygen atoms in total. The molecule has 0 spiro atoms. The van der Waals surface area contributed by atoms with Gasteiger partial charge in [-0.05, 0) is 26.0 Å². The van der Waals surface area contributed by atoms with E-state index in [0.29, 0.717) is 6.54 Å². The average molecular weight is 397 g/mol. The summed E-state index contributed by atoms with van der Waals surface area (Å²) < 4.78 is 7.59. The predicted octanol–water partition coefficient (Wildman–Crippen LogP) is 5.29. The number of rotatable bonds is 6. The quantitative estimate of drug-likeness (QED) is 0.481. The summed E-state index contributed by atoms with van der Waals surface area (Å²) in [4.78, 5) is 9.22. The summed E-state index contributed by atoms with van der Waals surface area (Å²) in [6, 6.07) is 10.2. The number of anilines is 1. The van der Waals surface area contributed by atoms with E-state index in [1.807, 2.05) is 29.8 Å². The van der Waals surface area contributed by atoms with Crippen LogP contribution in [0.2, 0.25) is 0 Å². The fraction of sp³-hybridized carbons (Fsp3) is 0.200. The molecule has 0 saturated carbocycles. The molecule has 7 heteroatoms. The fourth-order valence-corrected chi connectivity index (χ4v) is 4.60. The number of hydrogen-bond acceptors (Lipinski definition) is 6. The molecular formula is C20H20N4OS2. The van der Waals surface area contributed by atoms with Crippen molar-refractivity contribution in [3.63, 3.8) is 0 Å². The van der Waals surface area contributed by atoms with E-state index in [0.717, 1.165) is 44.2 Å². The van der Waals surface area contributed by atoms with Gasteiger partial charge in [0.15, 0.2) is 10.3 Å². The number of methoxy groups -OCH3 is 1. The Bertz CT molecular complexity index is 1050. The molecule has 0 fully saturated rings. The lowest BCUT2D eigenvalue weighted by Gasteiger charge is -2.08. The highest BCUT2D eigenvalue weighted by atomic mass is 32.1. The number of para-hydroxylation sites is 1. The largest absolute Gasteiger partial charge is 0.496 e. The van der Waals surface area contributed by atoms with Crippen LogP contribution in [0.1, 0.15) is 17.0 Å². The van der Waals surface area contributed by atoms with E-state index in [2.05, 4.69) is 46.2 Å². The number of thiazole rings is 2. The van der Waals surface area contributed by atoms with Crippen LogP contribution >= 0.6 is 22.7 Å². The smallest absolute Gasteiger partial charge is 0.193 e. The molecule has 27 heavy (non-hydrogen) atoms. The highest BCUT2D eigenvalue weighted by Crippen LogP contribution is 2.32. The molecular weight excluding hydrogens is 376 g/mol. The van der Waals surface area contributed by atoms with E-state index in [-0.39, 0.29) is 0 Å². The van der Waals surface area contributed by atoms with Crippen LogP contribution in [0.3, 0.4) is 0 Å². The summed E-state index contributed by atoms with van der Waals surface area (Å²) in [5, 5.41) is 9.38. The van der Waals surface area contributed by atoms with Crippen molar-refractivity contribution in [3.05, 3.63) is 64.2 Å². The van der Waals surface area contributed by atoms with Gasteiger partial charge in [-0.2, -0.15) is 0 Å². The van der Waals surface area contributed by atoms with Crippen molar-refractivity contribution in [2.24, 2.45) is 0 Å². The maximum atomic E-state index is 5.41. The van der Waals surface area contributed by atoms with E-state index in [1.165, 1.54) is 0 Å². The monoisotopic (exact) mass is 396 g/mol. The molecule has 3 heterocycles. The van der Waals surface area contributed by atoms with Crippen molar-refractivity contribution in [1.82, 2.24) is 14.5 Å². The Morgan fingerprint density at radius 3 is 2.81 bits per heavy atom. The molecule has 0 aliphatic rings. The third-order valence-electron chi connectivity index (χ3n) is 4.44. The van der Waals surface area contributed by atoms with Crippen LogP contribution in [0.5, 0.6) is 5.75 Å². The van der Waals surface area contributed by atoms with E-state index < -0.39 is 0 Å². The van der Waals surface area contributed by atoms with Crippen LogP contribution in [-0.4, -0.2) is 21.6 Å². The van der Waals surface area contributed by atoms with Crippen molar-refractivity contribution in [3.8, 4) is 22.1 Å². The highest BCUT2D eigenvalue weighted by molar-refractivity contribution is 7.14. The van der Waals surface area contributed by atoms with Gasteiger partial charge in [0.2, 0.25) is 0 Å². The second-order valence-corrected chi connectivity index (χ2v) is 7.87.